The van der Waals surface area contributed by atoms with Crippen LogP contribution in [0.15, 0.2) is 114 Å². The van der Waals surface area contributed by atoms with Crippen LogP contribution in [0.2, 0.25) is 0 Å². The summed E-state index contributed by atoms with van der Waals surface area (Å²) in [6.07, 6.45) is 4.03. The van der Waals surface area contributed by atoms with Crippen molar-refractivity contribution in [2.24, 2.45) is 0 Å². The monoisotopic (exact) mass is 661 g/mol. The molecule has 0 aliphatic rings. The lowest BCUT2D eigenvalue weighted by atomic mass is 10.1. The lowest BCUT2D eigenvalue weighted by Gasteiger charge is -2.15. The van der Waals surface area contributed by atoms with E-state index in [1.807, 2.05) is 73.7 Å². The van der Waals surface area contributed by atoms with Crippen molar-refractivity contribution < 1.29 is 19.1 Å². The van der Waals surface area contributed by atoms with Crippen LogP contribution in [0.25, 0.3) is 27.2 Å². The van der Waals surface area contributed by atoms with E-state index in [-0.39, 0.29) is 11.6 Å². The molecule has 9 nitrogen and oxygen atoms in total. The third kappa shape index (κ3) is 7.54. The van der Waals surface area contributed by atoms with E-state index >= 15 is 0 Å². The molecule has 11 heteroatoms. The highest BCUT2D eigenvalue weighted by atomic mass is 32.2. The minimum absolute atomic E-state index is 0.0842. The van der Waals surface area contributed by atoms with Gasteiger partial charge in [-0.15, -0.1) is 11.8 Å². The number of nitrogens with one attached hydrogen (secondary N) is 4. The zero-order valence-electron chi connectivity index (χ0n) is 25.6. The lowest BCUT2D eigenvalue weighted by Crippen LogP contribution is -2.30. The fraction of sp³-hybridized carbons (Fsp3) is 0.111. The van der Waals surface area contributed by atoms with Crippen LogP contribution in [-0.2, 0) is 9.59 Å². The van der Waals surface area contributed by atoms with Crippen LogP contribution < -0.4 is 20.7 Å². The lowest BCUT2D eigenvalue weighted by molar-refractivity contribution is -0.116. The number of hydrogen-bond donors (Lipinski definition) is 4. The van der Waals surface area contributed by atoms with Crippen LogP contribution in [0.1, 0.15) is 29.3 Å². The zero-order valence-corrected chi connectivity index (χ0v) is 27.2. The molecule has 236 valence electrons. The third-order valence-electron chi connectivity index (χ3n) is 7.31. The third-order valence-corrected chi connectivity index (χ3v) is 9.60. The minimum Gasteiger partial charge on any atom is -0.497 e. The topological polar surface area (TPSA) is 125 Å². The van der Waals surface area contributed by atoms with Gasteiger partial charge < -0.3 is 25.7 Å². The molecule has 0 saturated heterocycles. The molecule has 1 unspecified atom stereocenters. The molecule has 47 heavy (non-hydrogen) atoms. The number of rotatable bonds is 11. The van der Waals surface area contributed by atoms with Gasteiger partial charge in [0.05, 0.1) is 22.6 Å². The number of benzene rings is 4. The fourth-order valence-corrected chi connectivity index (χ4v) is 6.83. The van der Waals surface area contributed by atoms with Gasteiger partial charge in [-0.3, -0.25) is 14.4 Å². The van der Waals surface area contributed by atoms with Crippen molar-refractivity contribution in [1.82, 2.24) is 15.3 Å². The van der Waals surface area contributed by atoms with Crippen molar-refractivity contribution in [3.05, 3.63) is 120 Å². The summed E-state index contributed by atoms with van der Waals surface area (Å²) < 4.78 is 6.21. The molecule has 2 heterocycles. The van der Waals surface area contributed by atoms with E-state index in [9.17, 15) is 14.4 Å². The molecule has 0 fully saturated rings. The summed E-state index contributed by atoms with van der Waals surface area (Å²) in [5.41, 5.74) is 3.49. The van der Waals surface area contributed by atoms with Crippen LogP contribution in [-0.4, -0.2) is 40.0 Å². The van der Waals surface area contributed by atoms with Crippen molar-refractivity contribution in [1.29, 1.82) is 0 Å². The first kappa shape index (κ1) is 31.6. The Morgan fingerprint density at radius 3 is 2.57 bits per heavy atom. The second-order valence-electron chi connectivity index (χ2n) is 10.5. The van der Waals surface area contributed by atoms with E-state index in [1.54, 1.807) is 49.7 Å². The Bertz CT molecular complexity index is 2100. The number of anilines is 2. The molecule has 0 bridgehead atoms. The van der Waals surface area contributed by atoms with Crippen molar-refractivity contribution >= 4 is 78.8 Å². The van der Waals surface area contributed by atoms with Crippen molar-refractivity contribution in [3.8, 4) is 5.75 Å². The molecule has 0 aliphatic carbocycles. The van der Waals surface area contributed by atoms with Gasteiger partial charge >= 0.3 is 0 Å². The normalized spacial score (nSPS) is 12.1. The number of thioether (sulfide) groups is 1. The number of ether oxygens (including phenoxy) is 1. The average Bonchev–Trinajstić information content (AvgIpc) is 3.70. The van der Waals surface area contributed by atoms with Crippen LogP contribution in [0.3, 0.4) is 0 Å². The van der Waals surface area contributed by atoms with Crippen molar-refractivity contribution in [3.63, 3.8) is 0 Å². The first-order valence-corrected chi connectivity index (χ1v) is 16.6. The largest absolute Gasteiger partial charge is 0.497 e. The summed E-state index contributed by atoms with van der Waals surface area (Å²) in [4.78, 5) is 48.6. The molecule has 0 radical (unpaired) electrons. The van der Waals surface area contributed by atoms with Gasteiger partial charge in [0, 0.05) is 38.8 Å². The zero-order chi connectivity index (χ0) is 32.8. The number of carbonyl (C=O) groups excluding carboxylic acids is 3. The molecule has 0 spiro atoms. The maximum Gasteiger partial charge on any atom is 0.272 e. The van der Waals surface area contributed by atoms with Gasteiger partial charge in [-0.25, -0.2) is 4.98 Å². The number of fused-ring (bicyclic) bond motifs is 2. The van der Waals surface area contributed by atoms with E-state index in [0.717, 1.165) is 37.3 Å². The molecular formula is C36H31N5O4S2. The van der Waals surface area contributed by atoms with Gasteiger partial charge in [0.25, 0.3) is 11.8 Å². The predicted molar refractivity (Wildman–Crippen MR) is 190 cm³/mol. The molecule has 6 rings (SSSR count). The molecule has 6 aromatic rings. The molecular weight excluding hydrogens is 631 g/mol. The maximum absolute atomic E-state index is 13.7. The Morgan fingerprint density at radius 2 is 1.77 bits per heavy atom. The van der Waals surface area contributed by atoms with E-state index < -0.39 is 17.1 Å². The molecule has 4 aromatic carbocycles. The number of nitrogens with zero attached hydrogens (tertiary/aromatic N) is 1. The minimum atomic E-state index is -0.487. The summed E-state index contributed by atoms with van der Waals surface area (Å²) >= 11 is 2.79. The number of aromatic amines is 1. The van der Waals surface area contributed by atoms with Crippen LogP contribution in [0.5, 0.6) is 5.75 Å². The first-order valence-electron chi connectivity index (χ1n) is 14.9. The number of amides is 3. The highest BCUT2D eigenvalue weighted by Crippen LogP contribution is 2.32. The Balaban J connectivity index is 1.18. The summed E-state index contributed by atoms with van der Waals surface area (Å²) in [7, 11) is 1.61. The van der Waals surface area contributed by atoms with Gasteiger partial charge in [-0.2, -0.15) is 0 Å². The smallest absolute Gasteiger partial charge is 0.272 e. The Kier molecular flexibility index (Phi) is 9.65. The standard InChI is InChI=1S/C36H31N5O4S2/c1-3-31(35(44)41-36-40-29-17-16-25(45-2)20-32(29)47-36)46-26-13-9-12-24(19-26)38-34(43)30(39-33(42)22-10-5-4-6-11-22)18-23-21-37-28-15-8-7-14-27(23)28/h4-21,31,37H,3H2,1-2H3,(H,38,43)(H,39,42)(H,40,41,44)/b30-18-. The second kappa shape index (κ2) is 14.4. The van der Waals surface area contributed by atoms with Gasteiger partial charge in [0.2, 0.25) is 5.91 Å². The molecule has 2 aromatic heterocycles. The fourth-order valence-electron chi connectivity index (χ4n) is 4.91. The Morgan fingerprint density at radius 1 is 0.957 bits per heavy atom. The van der Waals surface area contributed by atoms with E-state index in [2.05, 4.69) is 25.9 Å². The SMILES string of the molecule is CCC(Sc1cccc(NC(=O)/C(=C/c2c[nH]c3ccccc23)NC(=O)c2ccccc2)c1)C(=O)Nc1nc2ccc(OC)cc2s1. The van der Waals surface area contributed by atoms with Gasteiger partial charge in [0.1, 0.15) is 11.4 Å². The average molecular weight is 662 g/mol. The number of aromatic nitrogens is 2. The first-order chi connectivity index (χ1) is 22.9. The Hall–Kier alpha value is -5.39. The number of methoxy groups -OCH3 is 1. The summed E-state index contributed by atoms with van der Waals surface area (Å²) in [5, 5.41) is 9.70. The molecule has 3 amide bonds. The van der Waals surface area contributed by atoms with Gasteiger partial charge in [-0.05, 0) is 67.1 Å². The van der Waals surface area contributed by atoms with Gasteiger partial charge in [-0.1, -0.05) is 60.7 Å². The van der Waals surface area contributed by atoms with Crippen LogP contribution in [0.4, 0.5) is 10.8 Å². The molecule has 4 N–H and O–H groups in total. The van der Waals surface area contributed by atoms with E-state index in [4.69, 9.17) is 4.74 Å². The predicted octanol–water partition coefficient (Wildman–Crippen LogP) is 7.71. The van der Waals surface area contributed by atoms with E-state index in [1.165, 1.54) is 23.1 Å². The van der Waals surface area contributed by atoms with Gasteiger partial charge in [0.15, 0.2) is 5.13 Å². The summed E-state index contributed by atoms with van der Waals surface area (Å²) in [5.74, 6) is -0.322. The molecule has 0 saturated carbocycles. The van der Waals surface area contributed by atoms with Crippen molar-refractivity contribution in [2.75, 3.05) is 17.7 Å². The van der Waals surface area contributed by atoms with Crippen LogP contribution >= 0.6 is 23.1 Å². The van der Waals surface area contributed by atoms with Crippen molar-refractivity contribution in [2.45, 2.75) is 23.5 Å². The Labute approximate surface area is 279 Å². The maximum atomic E-state index is 13.7. The number of para-hydroxylation sites is 1. The number of hydrogen-bond acceptors (Lipinski definition) is 7. The number of thiazole rings is 1. The highest BCUT2D eigenvalue weighted by Gasteiger charge is 2.21. The number of H-pyrrole nitrogens is 1. The quantitative estimate of drug-likeness (QED) is 0.0833. The highest BCUT2D eigenvalue weighted by molar-refractivity contribution is 8.00. The molecule has 0 aliphatic heterocycles. The van der Waals surface area contributed by atoms with Crippen LogP contribution in [0, 0.1) is 0 Å². The van der Waals surface area contributed by atoms with E-state index in [0.29, 0.717) is 22.8 Å². The summed E-state index contributed by atoms with van der Waals surface area (Å²) in [6.45, 7) is 1.95. The number of carbonyl (C=O) groups is 3. The molecule has 1 atom stereocenters. The summed E-state index contributed by atoms with van der Waals surface area (Å²) in [6, 6.07) is 29.3. The second-order valence-corrected chi connectivity index (χ2v) is 12.8.